The molecule has 2 rings (SSSR count). The molecule has 5 heteroatoms. The van der Waals surface area contributed by atoms with Crippen LogP contribution in [0.2, 0.25) is 0 Å². The van der Waals surface area contributed by atoms with Crippen molar-refractivity contribution >= 4 is 11.4 Å². The zero-order chi connectivity index (χ0) is 13.5. The first-order valence-electron chi connectivity index (χ1n) is 5.80. The predicted molar refractivity (Wildman–Crippen MR) is 74.9 cm³/mol. The Morgan fingerprint density at radius 2 is 1.63 bits per heavy atom. The summed E-state index contributed by atoms with van der Waals surface area (Å²) in [6.07, 6.45) is 0. The topological polar surface area (TPSA) is 67.5 Å². The number of rotatable bonds is 5. The van der Waals surface area contributed by atoms with Crippen molar-refractivity contribution in [2.75, 3.05) is 12.0 Å². The van der Waals surface area contributed by atoms with Crippen LogP contribution in [0.5, 0.6) is 0 Å². The summed E-state index contributed by atoms with van der Waals surface area (Å²) < 4.78 is 0. The van der Waals surface area contributed by atoms with Crippen LogP contribution in [0.1, 0.15) is 5.56 Å². The van der Waals surface area contributed by atoms with E-state index in [1.54, 1.807) is 12.1 Å². The number of hydrogen-bond acceptors (Lipinski definition) is 4. The van der Waals surface area contributed by atoms with Crippen molar-refractivity contribution < 1.29 is 4.92 Å². The van der Waals surface area contributed by atoms with Crippen LogP contribution in [-0.4, -0.2) is 17.2 Å². The number of nitrogens with one attached hydrogen (secondary N) is 1. The Morgan fingerprint density at radius 3 is 2.21 bits per heavy atom. The third-order valence-corrected chi connectivity index (χ3v) is 2.48. The number of nitrogens with zero attached hydrogens (tertiary/aromatic N) is 2. The highest BCUT2D eigenvalue weighted by Gasteiger charge is 2.10. The van der Waals surface area contributed by atoms with E-state index in [2.05, 4.69) is 10.5 Å². The monoisotopic (exact) mass is 255 g/mol. The lowest BCUT2D eigenvalue weighted by molar-refractivity contribution is -0.462. The minimum atomic E-state index is -0.390. The Bertz CT molecular complexity index is 568. The van der Waals surface area contributed by atoms with Crippen LogP contribution in [0.25, 0.3) is 0 Å². The summed E-state index contributed by atoms with van der Waals surface area (Å²) in [4.78, 5) is 10.3. The first-order valence-corrected chi connectivity index (χ1v) is 5.80. The smallest absolute Gasteiger partial charge is 0.247 e. The highest BCUT2D eigenvalue weighted by molar-refractivity contribution is 6.01. The maximum atomic E-state index is 10.7. The molecule has 0 saturated carbocycles. The van der Waals surface area contributed by atoms with Gasteiger partial charge in [-0.1, -0.05) is 48.5 Å². The first-order chi connectivity index (χ1) is 9.25. The number of benzene rings is 2. The van der Waals surface area contributed by atoms with Crippen LogP contribution in [0.3, 0.4) is 0 Å². The lowest BCUT2D eigenvalue weighted by atomic mass is 10.1. The minimum Gasteiger partial charge on any atom is -0.278 e. The molecule has 5 nitrogen and oxygen atoms in total. The fourth-order valence-corrected chi connectivity index (χ4v) is 1.59. The van der Waals surface area contributed by atoms with Crippen LogP contribution in [0.15, 0.2) is 65.8 Å². The molecule has 0 aliphatic rings. The van der Waals surface area contributed by atoms with Gasteiger partial charge < -0.3 is 0 Å². The average molecular weight is 255 g/mol. The molecule has 0 saturated heterocycles. The molecular weight excluding hydrogens is 242 g/mol. The first kappa shape index (κ1) is 12.8. The average Bonchev–Trinajstić information content (AvgIpc) is 2.45. The van der Waals surface area contributed by atoms with Crippen LogP contribution < -0.4 is 5.43 Å². The molecule has 0 spiro atoms. The van der Waals surface area contributed by atoms with E-state index in [0.29, 0.717) is 5.71 Å². The molecular formula is C14H13N3O2. The summed E-state index contributed by atoms with van der Waals surface area (Å²) >= 11 is 0. The molecule has 0 fully saturated rings. The highest BCUT2D eigenvalue weighted by Crippen LogP contribution is 2.07. The number of para-hydroxylation sites is 1. The highest BCUT2D eigenvalue weighted by atomic mass is 16.6. The standard InChI is InChI=1S/C14H13N3O2/c18-17(19)11-14(12-7-3-1-4-8-12)16-15-13-9-5-2-6-10-13/h1-10,15H,11H2. The number of nitro groups is 1. The maximum Gasteiger partial charge on any atom is 0.247 e. The lowest BCUT2D eigenvalue weighted by Gasteiger charge is -2.04. The van der Waals surface area contributed by atoms with Crippen LogP contribution in [0, 0.1) is 10.1 Å². The van der Waals surface area contributed by atoms with Crippen molar-refractivity contribution in [2.24, 2.45) is 5.10 Å². The van der Waals surface area contributed by atoms with Crippen LogP contribution in [0.4, 0.5) is 5.69 Å². The molecule has 2 aromatic carbocycles. The van der Waals surface area contributed by atoms with Gasteiger partial charge in [0.2, 0.25) is 6.54 Å². The SMILES string of the molecule is O=[N+]([O-])CC(=NNc1ccccc1)c1ccccc1. The van der Waals surface area contributed by atoms with Gasteiger partial charge in [0.1, 0.15) is 5.71 Å². The van der Waals surface area contributed by atoms with E-state index < -0.39 is 4.92 Å². The lowest BCUT2D eigenvalue weighted by Crippen LogP contribution is -2.16. The summed E-state index contributed by atoms with van der Waals surface area (Å²) in [6.45, 7) is -0.316. The second-order valence-electron chi connectivity index (χ2n) is 3.89. The zero-order valence-corrected chi connectivity index (χ0v) is 10.2. The third-order valence-electron chi connectivity index (χ3n) is 2.48. The van der Waals surface area contributed by atoms with Crippen molar-refractivity contribution in [2.45, 2.75) is 0 Å². The van der Waals surface area contributed by atoms with Gasteiger partial charge in [-0.15, -0.1) is 0 Å². The van der Waals surface area contributed by atoms with Gasteiger partial charge in [0, 0.05) is 10.5 Å². The van der Waals surface area contributed by atoms with Gasteiger partial charge in [-0.25, -0.2) is 0 Å². The van der Waals surface area contributed by atoms with Crippen molar-refractivity contribution in [1.29, 1.82) is 0 Å². The van der Waals surface area contributed by atoms with Crippen LogP contribution >= 0.6 is 0 Å². The van der Waals surface area contributed by atoms with Crippen molar-refractivity contribution in [1.82, 2.24) is 0 Å². The minimum absolute atomic E-state index is 0.316. The summed E-state index contributed by atoms with van der Waals surface area (Å²) in [7, 11) is 0. The molecule has 1 N–H and O–H groups in total. The second-order valence-corrected chi connectivity index (χ2v) is 3.89. The molecule has 0 aliphatic heterocycles. The van der Waals surface area contributed by atoms with Gasteiger partial charge in [0.25, 0.3) is 0 Å². The third kappa shape index (κ3) is 3.92. The van der Waals surface area contributed by atoms with Gasteiger partial charge in [0.05, 0.1) is 5.69 Å². The Kier molecular flexibility index (Phi) is 4.23. The predicted octanol–water partition coefficient (Wildman–Crippen LogP) is 2.78. The molecule has 19 heavy (non-hydrogen) atoms. The van der Waals surface area contributed by atoms with E-state index in [0.717, 1.165) is 11.3 Å². The fourth-order valence-electron chi connectivity index (χ4n) is 1.59. The molecule has 2 aromatic rings. The van der Waals surface area contributed by atoms with Gasteiger partial charge in [0.15, 0.2) is 0 Å². The van der Waals surface area contributed by atoms with Crippen molar-refractivity contribution in [3.63, 3.8) is 0 Å². The molecule has 0 aliphatic carbocycles. The summed E-state index contributed by atoms with van der Waals surface area (Å²) in [5.74, 6) is 0. The van der Waals surface area contributed by atoms with E-state index in [-0.39, 0.29) is 6.54 Å². The van der Waals surface area contributed by atoms with E-state index in [1.165, 1.54) is 0 Å². The van der Waals surface area contributed by atoms with Crippen molar-refractivity contribution in [3.05, 3.63) is 76.3 Å². The Balaban J connectivity index is 2.20. The number of hydrogen-bond donors (Lipinski definition) is 1. The normalized spacial score (nSPS) is 11.1. The largest absolute Gasteiger partial charge is 0.278 e. The summed E-state index contributed by atoms with van der Waals surface area (Å²) in [5.41, 5.74) is 4.76. The molecule has 0 heterocycles. The molecule has 0 unspecified atom stereocenters. The van der Waals surface area contributed by atoms with Gasteiger partial charge in [-0.3, -0.25) is 15.5 Å². The Hall–Kier alpha value is -2.69. The molecule has 0 aromatic heterocycles. The van der Waals surface area contributed by atoms with Gasteiger partial charge in [-0.2, -0.15) is 5.10 Å². The van der Waals surface area contributed by atoms with Gasteiger partial charge in [-0.05, 0) is 12.1 Å². The molecule has 0 amide bonds. The zero-order valence-electron chi connectivity index (χ0n) is 10.2. The summed E-state index contributed by atoms with van der Waals surface area (Å²) in [6, 6.07) is 18.4. The van der Waals surface area contributed by atoms with Crippen molar-refractivity contribution in [3.8, 4) is 0 Å². The van der Waals surface area contributed by atoms with E-state index in [1.807, 2.05) is 48.5 Å². The fraction of sp³-hybridized carbons (Fsp3) is 0.0714. The molecule has 96 valence electrons. The number of hydrazone groups is 1. The van der Waals surface area contributed by atoms with E-state index >= 15 is 0 Å². The second kappa shape index (κ2) is 6.30. The number of anilines is 1. The Labute approximate surface area is 110 Å². The van der Waals surface area contributed by atoms with E-state index in [9.17, 15) is 10.1 Å². The van der Waals surface area contributed by atoms with E-state index in [4.69, 9.17) is 0 Å². The molecule has 0 atom stereocenters. The quantitative estimate of drug-likeness (QED) is 0.507. The summed E-state index contributed by atoms with van der Waals surface area (Å²) in [5, 5.41) is 14.8. The van der Waals surface area contributed by atoms with Crippen LogP contribution in [-0.2, 0) is 0 Å². The molecule has 0 radical (unpaired) electrons. The Morgan fingerprint density at radius 1 is 1.05 bits per heavy atom. The maximum absolute atomic E-state index is 10.7. The van der Waals surface area contributed by atoms with Gasteiger partial charge >= 0.3 is 0 Å². The molecule has 0 bridgehead atoms.